The second-order valence-corrected chi connectivity index (χ2v) is 9.29. The van der Waals surface area contributed by atoms with Gasteiger partial charge in [-0.05, 0) is 76.0 Å². The minimum atomic E-state index is 0.169. The highest BCUT2D eigenvalue weighted by Gasteiger charge is 2.31. The van der Waals surface area contributed by atoms with Gasteiger partial charge in [0.15, 0.2) is 0 Å². The summed E-state index contributed by atoms with van der Waals surface area (Å²) in [6, 6.07) is 17.4. The first-order valence-electron chi connectivity index (χ1n) is 11.7. The Balaban J connectivity index is 1.29. The van der Waals surface area contributed by atoms with Gasteiger partial charge in [0.05, 0.1) is 11.0 Å². The number of rotatable bonds is 5. The quantitative estimate of drug-likeness (QED) is 0.614. The Morgan fingerprint density at radius 3 is 2.52 bits per heavy atom. The highest BCUT2D eigenvalue weighted by atomic mass is 16.2. The summed E-state index contributed by atoms with van der Waals surface area (Å²) < 4.78 is 2.32. The maximum absolute atomic E-state index is 13.0. The summed E-state index contributed by atoms with van der Waals surface area (Å²) in [4.78, 5) is 22.5. The van der Waals surface area contributed by atoms with E-state index >= 15 is 0 Å². The lowest BCUT2D eigenvalue weighted by Crippen LogP contribution is -2.37. The number of likely N-dealkylation sites (tertiary alicyclic amines) is 2. The summed E-state index contributed by atoms with van der Waals surface area (Å²) in [7, 11) is 0. The minimum Gasteiger partial charge on any atom is -0.337 e. The van der Waals surface area contributed by atoms with Gasteiger partial charge in [0.2, 0.25) is 0 Å². The molecule has 0 N–H and O–H groups in total. The number of benzene rings is 2. The largest absolute Gasteiger partial charge is 0.337 e. The van der Waals surface area contributed by atoms with Crippen molar-refractivity contribution in [3.05, 3.63) is 65.5 Å². The van der Waals surface area contributed by atoms with E-state index in [4.69, 9.17) is 4.98 Å². The van der Waals surface area contributed by atoms with E-state index in [1.165, 1.54) is 37.0 Å². The lowest BCUT2D eigenvalue weighted by Gasteiger charge is -2.23. The first-order valence-corrected chi connectivity index (χ1v) is 11.7. The number of fused-ring (bicyclic) bond motifs is 1. The lowest BCUT2D eigenvalue weighted by molar-refractivity contribution is 0.0780. The molecule has 2 aliphatic heterocycles. The van der Waals surface area contributed by atoms with Crippen molar-refractivity contribution in [3.63, 3.8) is 0 Å². The summed E-state index contributed by atoms with van der Waals surface area (Å²) in [5, 5.41) is 0. The van der Waals surface area contributed by atoms with Crippen molar-refractivity contribution < 1.29 is 4.79 Å². The number of carbonyl (C=O) groups is 1. The number of nitrogens with zero attached hydrogens (tertiary/aromatic N) is 4. The monoisotopic (exact) mass is 416 g/mol. The SMILES string of the molecule is CC(C)n1c(Cc2ccc(C(=O)N3CC[C@H](N4CCCC4)C3)cc2)nc2ccccc21. The molecule has 3 aromatic rings. The number of hydrogen-bond donors (Lipinski definition) is 0. The summed E-state index contributed by atoms with van der Waals surface area (Å²) >= 11 is 0. The average molecular weight is 417 g/mol. The van der Waals surface area contributed by atoms with E-state index in [-0.39, 0.29) is 5.91 Å². The second kappa shape index (κ2) is 8.46. The zero-order chi connectivity index (χ0) is 21.4. The summed E-state index contributed by atoms with van der Waals surface area (Å²) in [6.07, 6.45) is 4.48. The van der Waals surface area contributed by atoms with E-state index in [1.807, 2.05) is 23.1 Å². The molecule has 1 atom stereocenters. The fraction of sp³-hybridized carbons (Fsp3) is 0.462. The highest BCUT2D eigenvalue weighted by molar-refractivity contribution is 5.94. The topological polar surface area (TPSA) is 41.4 Å². The molecule has 2 aliphatic rings. The smallest absolute Gasteiger partial charge is 0.253 e. The van der Waals surface area contributed by atoms with Crippen LogP contribution in [0, 0.1) is 0 Å². The van der Waals surface area contributed by atoms with Gasteiger partial charge in [-0.25, -0.2) is 4.98 Å². The Morgan fingerprint density at radius 2 is 1.77 bits per heavy atom. The summed E-state index contributed by atoms with van der Waals surface area (Å²) in [5.41, 5.74) is 4.20. The van der Waals surface area contributed by atoms with Crippen molar-refractivity contribution >= 4 is 16.9 Å². The summed E-state index contributed by atoms with van der Waals surface area (Å²) in [5.74, 6) is 1.24. The van der Waals surface area contributed by atoms with Gasteiger partial charge in [0.1, 0.15) is 5.82 Å². The third-order valence-electron chi connectivity index (χ3n) is 6.86. The van der Waals surface area contributed by atoms with Crippen molar-refractivity contribution in [3.8, 4) is 0 Å². The fourth-order valence-corrected chi connectivity index (χ4v) is 5.26. The van der Waals surface area contributed by atoms with Crippen LogP contribution in [-0.4, -0.2) is 57.5 Å². The molecule has 0 radical (unpaired) electrons. The molecule has 0 saturated carbocycles. The molecule has 0 spiro atoms. The maximum Gasteiger partial charge on any atom is 0.253 e. The number of carbonyl (C=O) groups excluding carboxylic acids is 1. The van der Waals surface area contributed by atoms with Gasteiger partial charge < -0.3 is 9.47 Å². The van der Waals surface area contributed by atoms with E-state index < -0.39 is 0 Å². The van der Waals surface area contributed by atoms with Gasteiger partial charge in [-0.3, -0.25) is 9.69 Å². The number of aromatic nitrogens is 2. The fourth-order valence-electron chi connectivity index (χ4n) is 5.26. The predicted molar refractivity (Wildman–Crippen MR) is 124 cm³/mol. The Hall–Kier alpha value is -2.66. The van der Waals surface area contributed by atoms with Crippen LogP contribution in [0.25, 0.3) is 11.0 Å². The van der Waals surface area contributed by atoms with E-state index in [2.05, 4.69) is 53.6 Å². The van der Waals surface area contributed by atoms with Crippen molar-refractivity contribution in [1.82, 2.24) is 19.4 Å². The van der Waals surface area contributed by atoms with E-state index in [0.717, 1.165) is 42.8 Å². The Labute approximate surface area is 184 Å². The Bertz CT molecular complexity index is 1060. The molecule has 0 unspecified atom stereocenters. The molecule has 162 valence electrons. The first kappa shape index (κ1) is 20.3. The van der Waals surface area contributed by atoms with Crippen LogP contribution in [0.3, 0.4) is 0 Å². The molecule has 2 fully saturated rings. The van der Waals surface area contributed by atoms with Crippen LogP contribution in [0.15, 0.2) is 48.5 Å². The second-order valence-electron chi connectivity index (χ2n) is 9.29. The van der Waals surface area contributed by atoms with Crippen molar-refractivity contribution in [2.45, 2.75) is 51.6 Å². The van der Waals surface area contributed by atoms with Gasteiger partial charge in [-0.15, -0.1) is 0 Å². The van der Waals surface area contributed by atoms with Gasteiger partial charge in [-0.2, -0.15) is 0 Å². The third-order valence-corrected chi connectivity index (χ3v) is 6.86. The molecule has 0 aliphatic carbocycles. The zero-order valence-electron chi connectivity index (χ0n) is 18.6. The molecule has 2 aromatic carbocycles. The molecule has 0 bridgehead atoms. The van der Waals surface area contributed by atoms with Crippen LogP contribution in [0.4, 0.5) is 0 Å². The van der Waals surface area contributed by atoms with Crippen molar-refractivity contribution in [1.29, 1.82) is 0 Å². The molecule has 3 heterocycles. The standard InChI is InChI=1S/C26H32N4O/c1-19(2)30-24-8-4-3-7-23(24)27-25(30)17-20-9-11-21(12-10-20)26(31)29-16-13-22(18-29)28-14-5-6-15-28/h3-4,7-12,19,22H,5-6,13-18H2,1-2H3/t22-/m0/s1. The minimum absolute atomic E-state index is 0.169. The van der Waals surface area contributed by atoms with Crippen LogP contribution in [0.2, 0.25) is 0 Å². The maximum atomic E-state index is 13.0. The van der Waals surface area contributed by atoms with Crippen LogP contribution >= 0.6 is 0 Å². The molecular formula is C26H32N4O. The molecule has 1 aromatic heterocycles. The lowest BCUT2D eigenvalue weighted by atomic mass is 10.1. The van der Waals surface area contributed by atoms with Crippen molar-refractivity contribution in [2.24, 2.45) is 0 Å². The number of hydrogen-bond acceptors (Lipinski definition) is 3. The normalized spacial score (nSPS) is 19.7. The highest BCUT2D eigenvalue weighted by Crippen LogP contribution is 2.24. The van der Waals surface area contributed by atoms with Crippen molar-refractivity contribution in [2.75, 3.05) is 26.2 Å². The molecule has 5 nitrogen and oxygen atoms in total. The van der Waals surface area contributed by atoms with Gasteiger partial charge in [-0.1, -0.05) is 24.3 Å². The first-order chi connectivity index (χ1) is 15.1. The summed E-state index contributed by atoms with van der Waals surface area (Å²) in [6.45, 7) is 8.54. The number of amides is 1. The van der Waals surface area contributed by atoms with Crippen LogP contribution in [0.5, 0.6) is 0 Å². The molecule has 5 heteroatoms. The predicted octanol–water partition coefficient (Wildman–Crippen LogP) is 4.52. The Morgan fingerprint density at radius 1 is 1.03 bits per heavy atom. The molecule has 2 saturated heterocycles. The number of imidazole rings is 1. The Kier molecular flexibility index (Phi) is 5.53. The van der Waals surface area contributed by atoms with Crippen LogP contribution in [-0.2, 0) is 6.42 Å². The third kappa shape index (κ3) is 3.99. The zero-order valence-corrected chi connectivity index (χ0v) is 18.6. The van der Waals surface area contributed by atoms with E-state index in [0.29, 0.717) is 12.1 Å². The molecule has 1 amide bonds. The van der Waals surface area contributed by atoms with Crippen LogP contribution < -0.4 is 0 Å². The van der Waals surface area contributed by atoms with E-state index in [1.54, 1.807) is 0 Å². The van der Waals surface area contributed by atoms with E-state index in [9.17, 15) is 4.79 Å². The number of para-hydroxylation sites is 2. The van der Waals surface area contributed by atoms with Crippen LogP contribution in [0.1, 0.15) is 60.9 Å². The molecular weight excluding hydrogens is 384 g/mol. The van der Waals surface area contributed by atoms with Gasteiger partial charge >= 0.3 is 0 Å². The average Bonchev–Trinajstić information content (AvgIpc) is 3.52. The molecule has 5 rings (SSSR count). The van der Waals surface area contributed by atoms with Gasteiger partial charge in [0, 0.05) is 37.2 Å². The molecule has 31 heavy (non-hydrogen) atoms. The van der Waals surface area contributed by atoms with Gasteiger partial charge in [0.25, 0.3) is 5.91 Å².